The van der Waals surface area contributed by atoms with Crippen molar-refractivity contribution < 1.29 is 14.7 Å². The van der Waals surface area contributed by atoms with Crippen molar-refractivity contribution in [2.45, 2.75) is 70.4 Å². The lowest BCUT2D eigenvalue weighted by atomic mass is 9.54. The van der Waals surface area contributed by atoms with Crippen molar-refractivity contribution in [3.63, 3.8) is 0 Å². The van der Waals surface area contributed by atoms with E-state index in [0.717, 1.165) is 64.7 Å². The molecule has 0 bridgehead atoms. The smallest absolute Gasteiger partial charge is 0.407 e. The van der Waals surface area contributed by atoms with Crippen molar-refractivity contribution in [2.24, 2.45) is 11.3 Å². The zero-order valence-corrected chi connectivity index (χ0v) is 16.7. The topological polar surface area (TPSA) is 76.1 Å². The maximum absolute atomic E-state index is 12.0. The van der Waals surface area contributed by atoms with Gasteiger partial charge in [0.2, 0.25) is 5.91 Å². The summed E-state index contributed by atoms with van der Waals surface area (Å²) in [7, 11) is 0. The summed E-state index contributed by atoms with van der Waals surface area (Å²) in [6.45, 7) is 8.87. The standard InChI is InChI=1S/C20H34N4O3/c1-3-8-24-20(13-17(25)21-24)6-10-22(11-7-20)16-12-19(15(16)4-2)5-9-23(14-19)18(26)27/h15-16H,3-14H2,1-2H3,(H,21,25)(H,26,27). The number of likely N-dealkylation sites (tertiary alicyclic amines) is 2. The summed E-state index contributed by atoms with van der Waals surface area (Å²) in [4.78, 5) is 27.6. The van der Waals surface area contributed by atoms with E-state index in [1.54, 1.807) is 4.90 Å². The second-order valence-corrected chi connectivity index (χ2v) is 9.23. The molecule has 3 heterocycles. The number of carbonyl (C=O) groups is 2. The molecule has 3 saturated heterocycles. The van der Waals surface area contributed by atoms with E-state index in [4.69, 9.17) is 0 Å². The van der Waals surface area contributed by atoms with Crippen LogP contribution in [0.2, 0.25) is 0 Å². The largest absolute Gasteiger partial charge is 0.465 e. The summed E-state index contributed by atoms with van der Waals surface area (Å²) < 4.78 is 0. The molecular formula is C20H34N4O3. The first-order valence-corrected chi connectivity index (χ1v) is 10.7. The van der Waals surface area contributed by atoms with Gasteiger partial charge in [-0.05, 0) is 43.4 Å². The van der Waals surface area contributed by atoms with E-state index < -0.39 is 6.09 Å². The SMILES string of the molecule is CCCN1NC(=O)CC12CCN(C1CC3(CCN(C(=O)O)C3)C1CC)CC2. The molecule has 7 nitrogen and oxygen atoms in total. The van der Waals surface area contributed by atoms with Crippen LogP contribution >= 0.6 is 0 Å². The van der Waals surface area contributed by atoms with Crippen LogP contribution in [0.5, 0.6) is 0 Å². The number of nitrogens with one attached hydrogen (secondary N) is 1. The maximum Gasteiger partial charge on any atom is 0.407 e. The Balaban J connectivity index is 1.38. The number of hydrazine groups is 1. The highest BCUT2D eigenvalue weighted by Crippen LogP contribution is 2.56. The molecule has 4 aliphatic rings. The molecule has 3 aliphatic heterocycles. The molecule has 2 amide bonds. The first kappa shape index (κ1) is 19.0. The fraction of sp³-hybridized carbons (Fsp3) is 0.900. The fourth-order valence-corrected chi connectivity index (χ4v) is 6.51. The predicted octanol–water partition coefficient (Wildman–Crippen LogP) is 2.14. The average molecular weight is 379 g/mol. The molecular weight excluding hydrogens is 344 g/mol. The van der Waals surface area contributed by atoms with Crippen LogP contribution in [0.15, 0.2) is 0 Å². The number of hydrogen-bond acceptors (Lipinski definition) is 4. The molecule has 0 aromatic rings. The van der Waals surface area contributed by atoms with E-state index in [1.807, 2.05) is 0 Å². The van der Waals surface area contributed by atoms with Crippen LogP contribution in [0.4, 0.5) is 4.79 Å². The van der Waals surface area contributed by atoms with Crippen molar-refractivity contribution in [1.29, 1.82) is 0 Å². The number of rotatable bonds is 4. The summed E-state index contributed by atoms with van der Waals surface area (Å²) in [5.74, 6) is 0.775. The highest BCUT2D eigenvalue weighted by Gasteiger charge is 2.59. The predicted molar refractivity (Wildman–Crippen MR) is 102 cm³/mol. The van der Waals surface area contributed by atoms with Gasteiger partial charge in [0.15, 0.2) is 0 Å². The van der Waals surface area contributed by atoms with Crippen LogP contribution < -0.4 is 5.43 Å². The molecule has 3 atom stereocenters. The van der Waals surface area contributed by atoms with Gasteiger partial charge in [0, 0.05) is 45.2 Å². The van der Waals surface area contributed by atoms with Crippen molar-refractivity contribution >= 4 is 12.0 Å². The van der Waals surface area contributed by atoms with Gasteiger partial charge in [0.05, 0.1) is 5.54 Å². The van der Waals surface area contributed by atoms with Crippen molar-refractivity contribution in [3.8, 4) is 0 Å². The minimum absolute atomic E-state index is 0.0141. The normalized spacial score (nSPS) is 36.4. The zero-order valence-electron chi connectivity index (χ0n) is 16.7. The Bertz CT molecular complexity index is 604. The third-order valence-corrected chi connectivity index (χ3v) is 7.93. The number of amides is 2. The summed E-state index contributed by atoms with van der Waals surface area (Å²) in [5, 5.41) is 11.5. The Morgan fingerprint density at radius 3 is 2.56 bits per heavy atom. The Labute approximate surface area is 162 Å². The van der Waals surface area contributed by atoms with Crippen LogP contribution in [0, 0.1) is 11.3 Å². The summed E-state index contributed by atoms with van der Waals surface area (Å²) >= 11 is 0. The summed E-state index contributed by atoms with van der Waals surface area (Å²) in [5.41, 5.74) is 3.31. The highest BCUT2D eigenvalue weighted by molar-refractivity contribution is 5.79. The molecule has 2 N–H and O–H groups in total. The van der Waals surface area contributed by atoms with Crippen molar-refractivity contribution in [3.05, 3.63) is 0 Å². The van der Waals surface area contributed by atoms with Gasteiger partial charge in [-0.1, -0.05) is 20.3 Å². The molecule has 0 aromatic carbocycles. The molecule has 3 unspecified atom stereocenters. The Kier molecular flexibility index (Phi) is 4.87. The molecule has 152 valence electrons. The number of piperidine rings is 1. The lowest BCUT2D eigenvalue weighted by Gasteiger charge is -2.59. The molecule has 1 saturated carbocycles. The molecule has 2 spiro atoms. The molecule has 0 radical (unpaired) electrons. The Morgan fingerprint density at radius 2 is 1.96 bits per heavy atom. The van der Waals surface area contributed by atoms with Gasteiger partial charge in [-0.15, -0.1) is 0 Å². The number of nitrogens with zero attached hydrogens (tertiary/aromatic N) is 3. The second kappa shape index (κ2) is 6.92. The van der Waals surface area contributed by atoms with Gasteiger partial charge >= 0.3 is 6.09 Å². The summed E-state index contributed by atoms with van der Waals surface area (Å²) in [6.07, 6.45) is 6.31. The third kappa shape index (κ3) is 3.03. The number of carboxylic acid groups (broad SMARTS) is 1. The van der Waals surface area contributed by atoms with Gasteiger partial charge in [-0.3, -0.25) is 15.1 Å². The quantitative estimate of drug-likeness (QED) is 0.784. The molecule has 7 heteroatoms. The number of carbonyl (C=O) groups excluding carboxylic acids is 1. The van der Waals surface area contributed by atoms with E-state index in [9.17, 15) is 14.7 Å². The summed E-state index contributed by atoms with van der Waals surface area (Å²) in [6, 6.07) is 0.589. The van der Waals surface area contributed by atoms with Gasteiger partial charge in [0.1, 0.15) is 0 Å². The molecule has 1 aliphatic carbocycles. The second-order valence-electron chi connectivity index (χ2n) is 9.23. The minimum Gasteiger partial charge on any atom is -0.465 e. The lowest BCUT2D eigenvalue weighted by molar-refractivity contribution is -0.121. The molecule has 0 aromatic heterocycles. The van der Waals surface area contributed by atoms with E-state index in [0.29, 0.717) is 24.9 Å². The first-order chi connectivity index (χ1) is 12.9. The minimum atomic E-state index is -0.764. The molecule has 4 fully saturated rings. The molecule has 4 rings (SSSR count). The van der Waals surface area contributed by atoms with Gasteiger partial charge in [0.25, 0.3) is 0 Å². The Hall–Kier alpha value is -1.34. The van der Waals surface area contributed by atoms with Crippen LogP contribution in [0.1, 0.15) is 58.8 Å². The van der Waals surface area contributed by atoms with Crippen LogP contribution in [0.25, 0.3) is 0 Å². The monoisotopic (exact) mass is 378 g/mol. The first-order valence-electron chi connectivity index (χ1n) is 10.7. The third-order valence-electron chi connectivity index (χ3n) is 7.93. The van der Waals surface area contributed by atoms with Gasteiger partial charge < -0.3 is 10.0 Å². The van der Waals surface area contributed by atoms with E-state index >= 15 is 0 Å². The zero-order chi connectivity index (χ0) is 19.2. The van der Waals surface area contributed by atoms with Gasteiger partial charge in [-0.25, -0.2) is 9.80 Å². The fourth-order valence-electron chi connectivity index (χ4n) is 6.51. The van der Waals surface area contributed by atoms with E-state index in [-0.39, 0.29) is 16.9 Å². The number of hydrogen-bond donors (Lipinski definition) is 2. The van der Waals surface area contributed by atoms with E-state index in [1.165, 1.54) is 0 Å². The van der Waals surface area contributed by atoms with Gasteiger partial charge in [-0.2, -0.15) is 0 Å². The maximum atomic E-state index is 12.0. The lowest BCUT2D eigenvalue weighted by Crippen LogP contribution is -2.63. The van der Waals surface area contributed by atoms with Crippen molar-refractivity contribution in [1.82, 2.24) is 20.2 Å². The average Bonchev–Trinajstić information content (AvgIpc) is 3.19. The highest BCUT2D eigenvalue weighted by atomic mass is 16.4. The van der Waals surface area contributed by atoms with Crippen LogP contribution in [0.3, 0.4) is 0 Å². The van der Waals surface area contributed by atoms with E-state index in [2.05, 4.69) is 29.2 Å². The Morgan fingerprint density at radius 1 is 1.22 bits per heavy atom. The van der Waals surface area contributed by atoms with Crippen LogP contribution in [-0.4, -0.2) is 76.2 Å². The molecule has 27 heavy (non-hydrogen) atoms. The van der Waals surface area contributed by atoms with Crippen LogP contribution in [-0.2, 0) is 4.79 Å². The van der Waals surface area contributed by atoms with Crippen molar-refractivity contribution in [2.75, 3.05) is 32.7 Å².